The molecule has 0 saturated heterocycles. The van der Waals surface area contributed by atoms with Crippen LogP contribution in [0.15, 0.2) is 0 Å². The fourth-order valence-electron chi connectivity index (χ4n) is 6.78. The van der Waals surface area contributed by atoms with Crippen LogP contribution in [0.2, 0.25) is 0 Å². The van der Waals surface area contributed by atoms with Crippen molar-refractivity contribution in [3.8, 4) is 0 Å². The second-order valence-electron chi connectivity index (χ2n) is 14.9. The van der Waals surface area contributed by atoms with E-state index >= 15 is 0 Å². The largest absolute Gasteiger partial charge is 0.359 e. The van der Waals surface area contributed by atoms with Crippen LogP contribution in [-0.2, 0) is 18.9 Å². The van der Waals surface area contributed by atoms with Gasteiger partial charge in [-0.3, -0.25) is 0 Å². The molecule has 0 bridgehead atoms. The average molecular weight is 683 g/mol. The maximum absolute atomic E-state index is 6.28. The number of hydrogen-bond acceptors (Lipinski definition) is 4. The summed E-state index contributed by atoms with van der Waals surface area (Å²) in [6.07, 6.45) is 49.2. The van der Waals surface area contributed by atoms with Crippen molar-refractivity contribution in [3.63, 3.8) is 0 Å². The van der Waals surface area contributed by atoms with Crippen molar-refractivity contribution in [2.75, 3.05) is 33.7 Å². The van der Waals surface area contributed by atoms with Crippen LogP contribution in [0.3, 0.4) is 0 Å². The Balaban J connectivity index is 3.67. The normalized spacial score (nSPS) is 11.8. The molecule has 0 aromatic rings. The Bertz CT molecular complexity index is 520. The highest BCUT2D eigenvalue weighted by Crippen LogP contribution is 2.17. The van der Waals surface area contributed by atoms with Crippen LogP contribution in [-0.4, -0.2) is 40.0 Å². The van der Waals surface area contributed by atoms with E-state index < -0.39 is 0 Å². The maximum Gasteiger partial charge on any atom is 0.157 e. The fourth-order valence-corrected chi connectivity index (χ4v) is 6.78. The summed E-state index contributed by atoms with van der Waals surface area (Å²) in [5.41, 5.74) is 0. The molecule has 0 spiro atoms. The first-order chi connectivity index (χ1) is 23.8. The lowest BCUT2D eigenvalue weighted by Crippen LogP contribution is -2.19. The molecule has 0 aliphatic carbocycles. The van der Waals surface area contributed by atoms with Crippen LogP contribution in [0, 0.1) is 0 Å². The van der Waals surface area contributed by atoms with Gasteiger partial charge in [-0.2, -0.15) is 0 Å². The van der Waals surface area contributed by atoms with Crippen molar-refractivity contribution in [3.05, 3.63) is 0 Å². The first-order valence-corrected chi connectivity index (χ1v) is 22.1. The van der Waals surface area contributed by atoms with E-state index in [9.17, 15) is 0 Å². The molecular formula is C44H90O4. The third kappa shape index (κ3) is 42.0. The minimum atomic E-state index is 0.0291. The summed E-state index contributed by atoms with van der Waals surface area (Å²) in [5, 5.41) is 0. The molecule has 0 aromatic heterocycles. The number of ether oxygens (including phenoxy) is 4. The summed E-state index contributed by atoms with van der Waals surface area (Å²) in [6.45, 7) is 7.64. The number of methoxy groups -OCH3 is 1. The van der Waals surface area contributed by atoms with E-state index in [4.69, 9.17) is 18.9 Å². The molecule has 0 atom stereocenters. The van der Waals surface area contributed by atoms with Crippen LogP contribution in [0.25, 0.3) is 0 Å². The number of rotatable bonds is 44. The zero-order chi connectivity index (χ0) is 34.7. The second-order valence-corrected chi connectivity index (χ2v) is 14.9. The third-order valence-electron chi connectivity index (χ3n) is 10.0. The molecule has 0 fully saturated rings. The zero-order valence-electron chi connectivity index (χ0n) is 33.5. The Hall–Kier alpha value is -0.160. The van der Waals surface area contributed by atoms with Crippen molar-refractivity contribution in [1.29, 1.82) is 0 Å². The molecule has 0 unspecified atom stereocenters. The standard InChI is InChI=1S/C44H90O4/c1-4-6-8-10-12-29-33-37-41-47-44(48-42-38-34-30-13-11-9-7-5-2)39-35-31-27-25-23-21-19-17-15-14-16-18-20-22-24-26-28-32-36-40-46-43-45-3/h44H,4-43H2,1-3H3. The van der Waals surface area contributed by atoms with E-state index in [2.05, 4.69) is 13.8 Å². The predicted molar refractivity (Wildman–Crippen MR) is 211 cm³/mol. The van der Waals surface area contributed by atoms with Crippen LogP contribution in [0.1, 0.15) is 245 Å². The van der Waals surface area contributed by atoms with Crippen molar-refractivity contribution in [2.45, 2.75) is 251 Å². The molecule has 0 aliphatic heterocycles. The van der Waals surface area contributed by atoms with Crippen LogP contribution >= 0.6 is 0 Å². The highest BCUT2D eigenvalue weighted by Gasteiger charge is 2.09. The van der Waals surface area contributed by atoms with Gasteiger partial charge < -0.3 is 18.9 Å². The van der Waals surface area contributed by atoms with E-state index in [0.717, 1.165) is 26.2 Å². The molecule has 0 radical (unpaired) electrons. The molecule has 0 N–H and O–H groups in total. The summed E-state index contributed by atoms with van der Waals surface area (Å²) in [7, 11) is 1.68. The quantitative estimate of drug-likeness (QED) is 0.0473. The SMILES string of the molecule is CCCCCCCCCCOC(CCCCCCCCCCCCCCCCCCCCCOCOC)OCCCCCCCCCC. The summed E-state index contributed by atoms with van der Waals surface area (Å²) >= 11 is 0. The van der Waals surface area contributed by atoms with Gasteiger partial charge in [-0.25, -0.2) is 0 Å². The Kier molecular flexibility index (Phi) is 44.7. The Morgan fingerprint density at radius 3 is 0.896 bits per heavy atom. The molecule has 48 heavy (non-hydrogen) atoms. The third-order valence-corrected chi connectivity index (χ3v) is 10.0. The minimum Gasteiger partial charge on any atom is -0.359 e. The monoisotopic (exact) mass is 683 g/mol. The summed E-state index contributed by atoms with van der Waals surface area (Å²) in [5.74, 6) is 0. The minimum absolute atomic E-state index is 0.0291. The molecule has 0 heterocycles. The molecule has 0 rings (SSSR count). The molecule has 0 aromatic carbocycles. The van der Waals surface area contributed by atoms with Crippen LogP contribution in [0.4, 0.5) is 0 Å². The van der Waals surface area contributed by atoms with Gasteiger partial charge in [-0.15, -0.1) is 0 Å². The van der Waals surface area contributed by atoms with Crippen LogP contribution in [0.5, 0.6) is 0 Å². The summed E-state index contributed by atoms with van der Waals surface area (Å²) < 4.78 is 22.8. The van der Waals surface area contributed by atoms with E-state index in [-0.39, 0.29) is 6.29 Å². The van der Waals surface area contributed by atoms with Crippen molar-refractivity contribution >= 4 is 0 Å². The molecule has 0 aliphatic rings. The maximum atomic E-state index is 6.28. The molecular weight excluding hydrogens is 592 g/mol. The van der Waals surface area contributed by atoms with Crippen molar-refractivity contribution < 1.29 is 18.9 Å². The van der Waals surface area contributed by atoms with Gasteiger partial charge in [0.1, 0.15) is 6.79 Å². The van der Waals surface area contributed by atoms with Gasteiger partial charge in [0, 0.05) is 26.9 Å². The van der Waals surface area contributed by atoms with Crippen LogP contribution < -0.4 is 0 Å². The predicted octanol–water partition coefficient (Wildman–Crippen LogP) is 15.0. The van der Waals surface area contributed by atoms with Gasteiger partial charge in [0.05, 0.1) is 0 Å². The van der Waals surface area contributed by atoms with Gasteiger partial charge in [-0.05, 0) is 32.1 Å². The topological polar surface area (TPSA) is 36.9 Å². The Morgan fingerprint density at radius 2 is 0.583 bits per heavy atom. The Morgan fingerprint density at radius 1 is 0.312 bits per heavy atom. The number of hydrogen-bond donors (Lipinski definition) is 0. The lowest BCUT2D eigenvalue weighted by atomic mass is 10.0. The Labute approximate surface area is 303 Å². The average Bonchev–Trinajstić information content (AvgIpc) is 3.10. The van der Waals surface area contributed by atoms with Gasteiger partial charge in [0.15, 0.2) is 6.29 Å². The fraction of sp³-hybridized carbons (Fsp3) is 1.00. The van der Waals surface area contributed by atoms with E-state index in [1.807, 2.05) is 0 Å². The van der Waals surface area contributed by atoms with E-state index in [0.29, 0.717) is 6.79 Å². The van der Waals surface area contributed by atoms with Gasteiger partial charge in [0.25, 0.3) is 0 Å². The van der Waals surface area contributed by atoms with Gasteiger partial charge in [0.2, 0.25) is 0 Å². The van der Waals surface area contributed by atoms with Gasteiger partial charge >= 0.3 is 0 Å². The highest BCUT2D eigenvalue weighted by molar-refractivity contribution is 4.54. The second kappa shape index (κ2) is 44.9. The van der Waals surface area contributed by atoms with Crippen molar-refractivity contribution in [2.24, 2.45) is 0 Å². The summed E-state index contributed by atoms with van der Waals surface area (Å²) in [6, 6.07) is 0. The molecule has 0 saturated carbocycles. The van der Waals surface area contributed by atoms with Gasteiger partial charge in [-0.1, -0.05) is 213 Å². The first kappa shape index (κ1) is 47.8. The first-order valence-electron chi connectivity index (χ1n) is 22.1. The highest BCUT2D eigenvalue weighted by atomic mass is 16.7. The molecule has 290 valence electrons. The molecule has 4 heteroatoms. The lowest BCUT2D eigenvalue weighted by Gasteiger charge is -2.19. The van der Waals surface area contributed by atoms with Crippen molar-refractivity contribution in [1.82, 2.24) is 0 Å². The van der Waals surface area contributed by atoms with E-state index in [1.54, 1.807) is 7.11 Å². The molecule has 0 amide bonds. The molecule has 4 nitrogen and oxygen atoms in total. The number of unbranched alkanes of at least 4 members (excludes halogenated alkanes) is 32. The smallest absolute Gasteiger partial charge is 0.157 e. The zero-order valence-corrected chi connectivity index (χ0v) is 33.5. The summed E-state index contributed by atoms with van der Waals surface area (Å²) in [4.78, 5) is 0. The van der Waals surface area contributed by atoms with E-state index in [1.165, 1.54) is 225 Å². The lowest BCUT2D eigenvalue weighted by molar-refractivity contribution is -0.148.